The van der Waals surface area contributed by atoms with E-state index in [4.69, 9.17) is 9.47 Å². The van der Waals surface area contributed by atoms with Crippen molar-refractivity contribution in [3.05, 3.63) is 0 Å². The number of ether oxygens (including phenoxy) is 2. The number of aliphatic hydroxyl groups excluding tert-OH is 1. The fourth-order valence-electron chi connectivity index (χ4n) is 11.5. The van der Waals surface area contributed by atoms with Crippen LogP contribution in [0.3, 0.4) is 0 Å². The van der Waals surface area contributed by atoms with Crippen molar-refractivity contribution < 1.29 is 24.5 Å². The summed E-state index contributed by atoms with van der Waals surface area (Å²) in [5.41, 5.74) is -0.858. The lowest BCUT2D eigenvalue weighted by Gasteiger charge is -2.70. The van der Waals surface area contributed by atoms with Gasteiger partial charge in [0.1, 0.15) is 6.10 Å². The SMILES string of the molecule is CC(=O)O[C@H]1CC[C@]2(C)[C@H]3C[C@@H](O)[C@@H]4[C@@H]([C@]5(C)CC[C@@H](C(C)(C)O)O5)CC[C@@]4(C)[C@]3(C)CC[C@H]2C1(C)C. The molecular formula is C32H54O5. The van der Waals surface area contributed by atoms with Crippen LogP contribution in [-0.2, 0) is 14.3 Å². The number of hydrogen-bond donors (Lipinski definition) is 2. The monoisotopic (exact) mass is 518 g/mol. The van der Waals surface area contributed by atoms with E-state index in [0.717, 1.165) is 51.4 Å². The molecule has 0 unspecified atom stereocenters. The number of hydrogen-bond acceptors (Lipinski definition) is 5. The van der Waals surface area contributed by atoms with Crippen LogP contribution in [0.15, 0.2) is 0 Å². The van der Waals surface area contributed by atoms with E-state index >= 15 is 0 Å². The van der Waals surface area contributed by atoms with Crippen molar-refractivity contribution >= 4 is 5.97 Å². The molecule has 0 aromatic carbocycles. The smallest absolute Gasteiger partial charge is 0.302 e. The fourth-order valence-corrected chi connectivity index (χ4v) is 11.5. The van der Waals surface area contributed by atoms with E-state index in [1.165, 1.54) is 13.3 Å². The molecule has 0 aromatic heterocycles. The van der Waals surface area contributed by atoms with Crippen molar-refractivity contribution in [2.45, 2.75) is 150 Å². The molecule has 2 N–H and O–H groups in total. The number of carbonyl (C=O) groups excluding carboxylic acids is 1. The lowest BCUT2D eigenvalue weighted by molar-refractivity contribution is -0.251. The van der Waals surface area contributed by atoms with E-state index in [2.05, 4.69) is 41.5 Å². The minimum atomic E-state index is -0.841. The topological polar surface area (TPSA) is 76.0 Å². The second-order valence-electron chi connectivity index (χ2n) is 16.0. The standard InChI is InChI=1S/C32H54O5/c1-19(33)36-24-12-14-29(6)22(27(24,2)3)11-16-30(7)23(29)18-21(34)26-20(10-15-31(26,30)8)32(9)17-13-25(37-32)28(4,5)35/h20-26,34-35H,10-18H2,1-9H3/t20-,21+,22-,23+,24-,25-,26-,29-,30+,31+,32-/m0/s1. The predicted molar refractivity (Wildman–Crippen MR) is 145 cm³/mol. The molecule has 5 heteroatoms. The second-order valence-corrected chi connectivity index (χ2v) is 16.0. The van der Waals surface area contributed by atoms with Gasteiger partial charge in [0, 0.05) is 12.3 Å². The summed E-state index contributed by atoms with van der Waals surface area (Å²) in [5, 5.41) is 22.7. The summed E-state index contributed by atoms with van der Waals surface area (Å²) in [7, 11) is 0. The van der Waals surface area contributed by atoms with Gasteiger partial charge in [0.2, 0.25) is 0 Å². The predicted octanol–water partition coefficient (Wildman–Crippen LogP) is 6.28. The first-order valence-electron chi connectivity index (χ1n) is 15.2. The van der Waals surface area contributed by atoms with Crippen molar-refractivity contribution in [2.75, 3.05) is 0 Å². The van der Waals surface area contributed by atoms with Crippen molar-refractivity contribution in [3.8, 4) is 0 Å². The molecule has 0 aromatic rings. The molecule has 1 saturated heterocycles. The largest absolute Gasteiger partial charge is 0.462 e. The maximum Gasteiger partial charge on any atom is 0.302 e. The molecule has 212 valence electrons. The van der Waals surface area contributed by atoms with Crippen LogP contribution in [-0.4, -0.2) is 45.7 Å². The Morgan fingerprint density at radius 1 is 0.892 bits per heavy atom. The molecule has 1 heterocycles. The number of fused-ring (bicyclic) bond motifs is 5. The van der Waals surface area contributed by atoms with E-state index in [0.29, 0.717) is 17.8 Å². The Hall–Kier alpha value is -0.650. The molecular weight excluding hydrogens is 464 g/mol. The second kappa shape index (κ2) is 8.43. The molecule has 5 nitrogen and oxygen atoms in total. The van der Waals surface area contributed by atoms with Gasteiger partial charge in [-0.15, -0.1) is 0 Å². The third-order valence-corrected chi connectivity index (χ3v) is 13.5. The quantitative estimate of drug-likeness (QED) is 0.430. The molecule has 37 heavy (non-hydrogen) atoms. The van der Waals surface area contributed by atoms with Gasteiger partial charge in [-0.2, -0.15) is 0 Å². The molecule has 1 aliphatic heterocycles. The molecule has 11 atom stereocenters. The van der Waals surface area contributed by atoms with Crippen molar-refractivity contribution in [2.24, 2.45) is 45.3 Å². The van der Waals surface area contributed by atoms with Gasteiger partial charge in [-0.25, -0.2) is 0 Å². The average Bonchev–Trinajstić information content (AvgIpc) is 3.35. The molecule has 0 bridgehead atoms. The van der Waals surface area contributed by atoms with E-state index in [1.807, 2.05) is 13.8 Å². The zero-order valence-corrected chi connectivity index (χ0v) is 25.0. The molecule has 5 aliphatic rings. The highest BCUT2D eigenvalue weighted by Crippen LogP contribution is 2.76. The lowest BCUT2D eigenvalue weighted by Crippen LogP contribution is -2.66. The van der Waals surface area contributed by atoms with E-state index in [1.54, 1.807) is 0 Å². The summed E-state index contributed by atoms with van der Waals surface area (Å²) in [6.07, 6.45) is 8.73. The van der Waals surface area contributed by atoms with Crippen LogP contribution in [0.4, 0.5) is 0 Å². The maximum absolute atomic E-state index is 12.0. The Kier molecular flexibility index (Phi) is 6.35. The van der Waals surface area contributed by atoms with Gasteiger partial charge in [-0.05, 0) is 118 Å². The third-order valence-electron chi connectivity index (χ3n) is 13.5. The van der Waals surface area contributed by atoms with E-state index in [9.17, 15) is 15.0 Å². The van der Waals surface area contributed by atoms with Crippen LogP contribution >= 0.6 is 0 Å². The molecule has 4 aliphatic carbocycles. The summed E-state index contributed by atoms with van der Waals surface area (Å²) < 4.78 is 12.5. The molecule has 0 radical (unpaired) electrons. The highest BCUT2D eigenvalue weighted by atomic mass is 16.5. The number of carbonyl (C=O) groups is 1. The molecule has 5 fully saturated rings. The van der Waals surface area contributed by atoms with Gasteiger partial charge in [0.15, 0.2) is 0 Å². The Balaban J connectivity index is 1.45. The van der Waals surface area contributed by atoms with E-state index < -0.39 is 5.60 Å². The maximum atomic E-state index is 12.0. The third kappa shape index (κ3) is 3.83. The van der Waals surface area contributed by atoms with E-state index in [-0.39, 0.29) is 57.5 Å². The summed E-state index contributed by atoms with van der Waals surface area (Å²) in [6, 6.07) is 0. The minimum Gasteiger partial charge on any atom is -0.462 e. The zero-order valence-electron chi connectivity index (χ0n) is 25.0. The normalized spacial score (nSPS) is 53.2. The van der Waals surface area contributed by atoms with Crippen molar-refractivity contribution in [1.82, 2.24) is 0 Å². The molecule has 5 rings (SSSR count). The van der Waals surface area contributed by atoms with Crippen molar-refractivity contribution in [3.63, 3.8) is 0 Å². The first kappa shape index (κ1) is 27.9. The Morgan fingerprint density at radius 2 is 1.54 bits per heavy atom. The highest BCUT2D eigenvalue weighted by molar-refractivity contribution is 5.66. The Labute approximate surface area is 225 Å². The van der Waals surface area contributed by atoms with Gasteiger partial charge >= 0.3 is 5.97 Å². The Morgan fingerprint density at radius 3 is 2.14 bits per heavy atom. The first-order chi connectivity index (χ1) is 16.9. The van der Waals surface area contributed by atoms with Crippen LogP contribution < -0.4 is 0 Å². The first-order valence-corrected chi connectivity index (χ1v) is 15.2. The summed E-state index contributed by atoms with van der Waals surface area (Å²) in [6.45, 7) is 19.7. The minimum absolute atomic E-state index is 0.0247. The van der Waals surface area contributed by atoms with Crippen LogP contribution in [0.2, 0.25) is 0 Å². The Bertz CT molecular complexity index is 923. The van der Waals surface area contributed by atoms with Gasteiger partial charge in [-0.1, -0.05) is 34.6 Å². The molecule has 0 spiro atoms. The fraction of sp³-hybridized carbons (Fsp3) is 0.969. The summed E-state index contributed by atoms with van der Waals surface area (Å²) in [5.74, 6) is 1.30. The van der Waals surface area contributed by atoms with Crippen LogP contribution in [0, 0.1) is 45.3 Å². The zero-order chi connectivity index (χ0) is 27.4. The van der Waals surface area contributed by atoms with Gasteiger partial charge in [0.25, 0.3) is 0 Å². The lowest BCUT2D eigenvalue weighted by atomic mass is 9.35. The number of esters is 1. The summed E-state index contributed by atoms with van der Waals surface area (Å²) in [4.78, 5) is 11.9. The van der Waals surface area contributed by atoms with Gasteiger partial charge < -0.3 is 19.7 Å². The van der Waals surface area contributed by atoms with Crippen molar-refractivity contribution in [1.29, 1.82) is 0 Å². The number of rotatable bonds is 3. The summed E-state index contributed by atoms with van der Waals surface area (Å²) >= 11 is 0. The molecule has 0 amide bonds. The van der Waals surface area contributed by atoms with Gasteiger partial charge in [-0.3, -0.25) is 4.79 Å². The number of aliphatic hydroxyl groups is 2. The van der Waals surface area contributed by atoms with Gasteiger partial charge in [0.05, 0.1) is 23.4 Å². The molecule has 4 saturated carbocycles. The average molecular weight is 519 g/mol. The highest BCUT2D eigenvalue weighted by Gasteiger charge is 2.72. The van der Waals surface area contributed by atoms with Crippen LogP contribution in [0.25, 0.3) is 0 Å². The van der Waals surface area contributed by atoms with Crippen LogP contribution in [0.1, 0.15) is 120 Å². The van der Waals surface area contributed by atoms with Crippen LogP contribution in [0.5, 0.6) is 0 Å².